The molecule has 0 saturated carbocycles. The predicted molar refractivity (Wildman–Crippen MR) is 43.5 cm³/mol. The van der Waals surface area contributed by atoms with Gasteiger partial charge in [-0.05, 0) is 6.42 Å². The summed E-state index contributed by atoms with van der Waals surface area (Å²) in [5, 5.41) is 3.70. The fourth-order valence-corrected chi connectivity index (χ4v) is 0.303. The average Bonchev–Trinajstić information content (AvgIpc) is 1.66. The summed E-state index contributed by atoms with van der Waals surface area (Å²) in [6.07, 6.45) is 2.63. The standard InChI is InChI=1S/C4H8N2S2/c1-2-3-5-6-4(7)8/h3H,2H2,1H3,(H2,6,7,8). The minimum absolute atomic E-state index is 0.398. The van der Waals surface area contributed by atoms with Gasteiger partial charge in [0.2, 0.25) is 0 Å². The van der Waals surface area contributed by atoms with Gasteiger partial charge in [0, 0.05) is 6.21 Å². The van der Waals surface area contributed by atoms with E-state index in [1.807, 2.05) is 6.92 Å². The first-order valence-corrected chi connectivity index (χ1v) is 3.13. The summed E-state index contributed by atoms with van der Waals surface area (Å²) < 4.78 is 0.398. The number of hydrogen-bond donors (Lipinski definition) is 2. The number of thiocarbonyl (C=S) groups is 1. The Bertz CT molecular complexity index is 100. The molecule has 0 spiro atoms. The lowest BCUT2D eigenvalue weighted by atomic mass is 10.6. The van der Waals surface area contributed by atoms with Gasteiger partial charge in [-0.15, -0.1) is 12.6 Å². The van der Waals surface area contributed by atoms with E-state index in [1.54, 1.807) is 6.21 Å². The van der Waals surface area contributed by atoms with Crippen molar-refractivity contribution in [2.75, 3.05) is 0 Å². The van der Waals surface area contributed by atoms with Crippen molar-refractivity contribution in [3.63, 3.8) is 0 Å². The Morgan fingerprint density at radius 1 is 2.00 bits per heavy atom. The van der Waals surface area contributed by atoms with Crippen LogP contribution in [-0.4, -0.2) is 10.5 Å². The van der Waals surface area contributed by atoms with Crippen molar-refractivity contribution in [1.29, 1.82) is 0 Å². The number of hydrazone groups is 1. The second kappa shape index (κ2) is 5.05. The van der Waals surface area contributed by atoms with E-state index in [0.29, 0.717) is 4.32 Å². The molecule has 0 rings (SSSR count). The molecule has 0 saturated heterocycles. The minimum atomic E-state index is 0.398. The molecule has 2 nitrogen and oxygen atoms in total. The lowest BCUT2D eigenvalue weighted by Crippen LogP contribution is -2.06. The fourth-order valence-electron chi connectivity index (χ4n) is 0.192. The number of nitrogens with one attached hydrogen (secondary N) is 1. The Morgan fingerprint density at radius 2 is 2.62 bits per heavy atom. The Morgan fingerprint density at radius 3 is 3.00 bits per heavy atom. The lowest BCUT2D eigenvalue weighted by Gasteiger charge is -1.89. The van der Waals surface area contributed by atoms with Gasteiger partial charge in [0.25, 0.3) is 0 Å². The number of thiol groups is 1. The van der Waals surface area contributed by atoms with Gasteiger partial charge < -0.3 is 0 Å². The molecule has 0 bridgehead atoms. The Labute approximate surface area is 59.8 Å². The summed E-state index contributed by atoms with van der Waals surface area (Å²) in [5.74, 6) is 0. The quantitative estimate of drug-likeness (QED) is 0.266. The van der Waals surface area contributed by atoms with Crippen molar-refractivity contribution < 1.29 is 0 Å². The molecule has 0 radical (unpaired) electrons. The molecule has 0 aliphatic rings. The molecule has 0 aromatic heterocycles. The molecule has 0 amide bonds. The van der Waals surface area contributed by atoms with Gasteiger partial charge in [-0.2, -0.15) is 5.10 Å². The molecular formula is C4H8N2S2. The van der Waals surface area contributed by atoms with Gasteiger partial charge in [-0.1, -0.05) is 19.1 Å². The maximum absolute atomic E-state index is 4.55. The predicted octanol–water partition coefficient (Wildman–Crippen LogP) is 1.19. The highest BCUT2D eigenvalue weighted by atomic mass is 32.1. The van der Waals surface area contributed by atoms with Crippen LogP contribution in [0.1, 0.15) is 13.3 Å². The normalized spacial score (nSPS) is 9.75. The molecule has 0 heterocycles. The van der Waals surface area contributed by atoms with Crippen LogP contribution in [0.3, 0.4) is 0 Å². The maximum Gasteiger partial charge on any atom is 0.150 e. The number of rotatable bonds is 2. The summed E-state index contributed by atoms with van der Waals surface area (Å²) in [6, 6.07) is 0. The van der Waals surface area contributed by atoms with Gasteiger partial charge in [-0.3, -0.25) is 5.43 Å². The molecule has 0 fully saturated rings. The zero-order valence-corrected chi connectivity index (χ0v) is 6.30. The zero-order valence-electron chi connectivity index (χ0n) is 4.59. The van der Waals surface area contributed by atoms with Crippen LogP contribution in [0, 0.1) is 0 Å². The van der Waals surface area contributed by atoms with E-state index < -0.39 is 0 Å². The van der Waals surface area contributed by atoms with E-state index in [1.165, 1.54) is 0 Å². The number of nitrogens with zero attached hydrogens (tertiary/aromatic N) is 1. The average molecular weight is 148 g/mol. The highest BCUT2D eigenvalue weighted by Gasteiger charge is 1.75. The van der Waals surface area contributed by atoms with E-state index >= 15 is 0 Å². The zero-order chi connectivity index (χ0) is 6.41. The van der Waals surface area contributed by atoms with Crippen LogP contribution >= 0.6 is 24.8 Å². The van der Waals surface area contributed by atoms with E-state index in [2.05, 4.69) is 35.4 Å². The SMILES string of the molecule is CCC=NNC(=S)S. The molecular weight excluding hydrogens is 140 g/mol. The third-order valence-corrected chi connectivity index (χ3v) is 0.625. The largest absolute Gasteiger partial charge is 0.263 e. The van der Waals surface area contributed by atoms with E-state index in [4.69, 9.17) is 0 Å². The summed E-state index contributed by atoms with van der Waals surface area (Å²) in [6.45, 7) is 1.99. The molecule has 0 atom stereocenters. The molecule has 0 unspecified atom stereocenters. The van der Waals surface area contributed by atoms with Crippen LogP contribution in [0.5, 0.6) is 0 Å². The van der Waals surface area contributed by atoms with E-state index in [9.17, 15) is 0 Å². The topological polar surface area (TPSA) is 24.4 Å². The van der Waals surface area contributed by atoms with Gasteiger partial charge in [0.15, 0.2) is 4.32 Å². The van der Waals surface area contributed by atoms with Crippen molar-refractivity contribution in [3.8, 4) is 0 Å². The van der Waals surface area contributed by atoms with Crippen LogP contribution in [0.25, 0.3) is 0 Å². The first kappa shape index (κ1) is 7.91. The van der Waals surface area contributed by atoms with Crippen molar-refractivity contribution in [1.82, 2.24) is 5.43 Å². The van der Waals surface area contributed by atoms with Crippen molar-refractivity contribution in [2.45, 2.75) is 13.3 Å². The summed E-state index contributed by atoms with van der Waals surface area (Å²) in [4.78, 5) is 0. The molecule has 0 aromatic rings. The maximum atomic E-state index is 4.55. The fraction of sp³-hybridized carbons (Fsp3) is 0.500. The lowest BCUT2D eigenvalue weighted by molar-refractivity contribution is 1.06. The molecule has 1 N–H and O–H groups in total. The number of hydrogen-bond acceptors (Lipinski definition) is 2. The van der Waals surface area contributed by atoms with Gasteiger partial charge in [0.1, 0.15) is 0 Å². The second-order valence-electron chi connectivity index (χ2n) is 1.14. The van der Waals surface area contributed by atoms with Crippen molar-refractivity contribution >= 4 is 35.4 Å². The first-order chi connectivity index (χ1) is 3.77. The van der Waals surface area contributed by atoms with Crippen LogP contribution in [-0.2, 0) is 0 Å². The van der Waals surface area contributed by atoms with Crippen molar-refractivity contribution in [2.24, 2.45) is 5.10 Å². The van der Waals surface area contributed by atoms with Crippen LogP contribution < -0.4 is 5.43 Å². The second-order valence-corrected chi connectivity index (χ2v) is 2.29. The third kappa shape index (κ3) is 5.91. The van der Waals surface area contributed by atoms with E-state index in [0.717, 1.165) is 6.42 Å². The first-order valence-electron chi connectivity index (χ1n) is 2.27. The van der Waals surface area contributed by atoms with Crippen LogP contribution in [0.2, 0.25) is 0 Å². The third-order valence-electron chi connectivity index (χ3n) is 0.434. The van der Waals surface area contributed by atoms with Crippen LogP contribution in [0.15, 0.2) is 5.10 Å². The molecule has 0 aliphatic carbocycles. The smallest absolute Gasteiger partial charge is 0.150 e. The molecule has 0 aliphatic heterocycles. The monoisotopic (exact) mass is 148 g/mol. The summed E-state index contributed by atoms with van der Waals surface area (Å²) in [7, 11) is 0. The highest BCUT2D eigenvalue weighted by Crippen LogP contribution is 1.75. The van der Waals surface area contributed by atoms with Gasteiger partial charge in [-0.25, -0.2) is 0 Å². The molecule has 46 valence electrons. The summed E-state index contributed by atoms with van der Waals surface area (Å²) in [5.41, 5.74) is 2.51. The molecule has 4 heteroatoms. The van der Waals surface area contributed by atoms with Gasteiger partial charge in [0.05, 0.1) is 0 Å². The molecule has 0 aromatic carbocycles. The Kier molecular flexibility index (Phi) is 5.00. The van der Waals surface area contributed by atoms with Crippen LogP contribution in [0.4, 0.5) is 0 Å². The Hall–Kier alpha value is -0.0900. The van der Waals surface area contributed by atoms with E-state index in [-0.39, 0.29) is 0 Å². The molecule has 8 heavy (non-hydrogen) atoms. The van der Waals surface area contributed by atoms with Gasteiger partial charge >= 0.3 is 0 Å². The summed E-state index contributed by atoms with van der Waals surface area (Å²) >= 11 is 8.33. The minimum Gasteiger partial charge on any atom is -0.263 e. The Balaban J connectivity index is 3.16. The highest BCUT2D eigenvalue weighted by molar-refractivity contribution is 8.11. The van der Waals surface area contributed by atoms with Crippen molar-refractivity contribution in [3.05, 3.63) is 0 Å².